The van der Waals surface area contributed by atoms with Crippen molar-refractivity contribution in [3.63, 3.8) is 0 Å². The molecule has 0 aromatic heterocycles. The fraction of sp³-hybridized carbons (Fsp3) is 0.258. The van der Waals surface area contributed by atoms with E-state index >= 15 is 0 Å². The highest BCUT2D eigenvalue weighted by Crippen LogP contribution is 2.29. The first-order valence-electron chi connectivity index (χ1n) is 12.6. The number of ether oxygens (including phenoxy) is 4. The molecule has 1 amide bonds. The molecule has 1 aliphatic carbocycles. The van der Waals surface area contributed by atoms with E-state index in [1.54, 1.807) is 45.8 Å². The lowest BCUT2D eigenvalue weighted by Crippen LogP contribution is -2.13. The quantitative estimate of drug-likeness (QED) is 0.192. The van der Waals surface area contributed by atoms with Crippen LogP contribution < -0.4 is 20.5 Å². The lowest BCUT2D eigenvalue weighted by atomic mass is 10.1. The smallest absolute Gasteiger partial charge is 0.204 e. The van der Waals surface area contributed by atoms with Crippen LogP contribution in [0.1, 0.15) is 25.8 Å². The van der Waals surface area contributed by atoms with Gasteiger partial charge in [0.15, 0.2) is 5.76 Å². The average molecular weight is 584 g/mol. The predicted molar refractivity (Wildman–Crippen MR) is 167 cm³/mol. The summed E-state index contributed by atoms with van der Waals surface area (Å²) in [6, 6.07) is 11.8. The van der Waals surface area contributed by atoms with Crippen molar-refractivity contribution in [2.75, 3.05) is 33.3 Å². The maximum atomic E-state index is 12.9. The molecule has 2 aromatic rings. The molecule has 0 aliphatic heterocycles. The Morgan fingerprint density at radius 1 is 1.15 bits per heavy atom. The number of halogens is 1. The number of allylic oxidation sites excluding steroid dienone is 4. The number of nitrogens with one attached hydrogen (secondary N) is 1. The third kappa shape index (κ3) is 12.5. The van der Waals surface area contributed by atoms with Crippen molar-refractivity contribution >= 4 is 35.5 Å². The molecule has 0 saturated heterocycles. The molecule has 0 atom stereocenters. The molecule has 41 heavy (non-hydrogen) atoms. The van der Waals surface area contributed by atoms with E-state index in [0.29, 0.717) is 29.5 Å². The van der Waals surface area contributed by atoms with Crippen molar-refractivity contribution in [3.05, 3.63) is 101 Å². The number of nitrogens with two attached hydrogens (primary N) is 1. The van der Waals surface area contributed by atoms with Gasteiger partial charge in [-0.2, -0.15) is 0 Å². The Bertz CT molecular complexity index is 1270. The van der Waals surface area contributed by atoms with Gasteiger partial charge in [0.25, 0.3) is 0 Å². The topological polar surface area (TPSA) is 104 Å². The molecule has 0 spiro atoms. The largest absolute Gasteiger partial charge is 0.497 e. The number of hydrogen-bond donors (Lipinski definition) is 2. The summed E-state index contributed by atoms with van der Waals surface area (Å²) in [4.78, 5) is 13.5. The number of methoxy groups -OCH3 is 3. The fourth-order valence-corrected chi connectivity index (χ4v) is 3.69. The number of carbonyl (C=O) groups excluding carboxylic acids is 1. The van der Waals surface area contributed by atoms with E-state index in [1.165, 1.54) is 12.1 Å². The summed E-state index contributed by atoms with van der Waals surface area (Å²) in [6.45, 7) is 8.14. The summed E-state index contributed by atoms with van der Waals surface area (Å²) in [5.74, 6) is 2.68. The van der Waals surface area contributed by atoms with Crippen molar-refractivity contribution in [1.29, 1.82) is 0 Å². The molecule has 1 aliphatic rings. The summed E-state index contributed by atoms with van der Waals surface area (Å²) in [5.41, 5.74) is 7.85. The van der Waals surface area contributed by atoms with Crippen LogP contribution in [0.2, 0.25) is 0 Å². The monoisotopic (exact) mass is 583 g/mol. The molecular weight excluding hydrogens is 545 g/mol. The van der Waals surface area contributed by atoms with E-state index in [1.807, 2.05) is 38.1 Å². The van der Waals surface area contributed by atoms with Gasteiger partial charge in [0.2, 0.25) is 6.41 Å². The Morgan fingerprint density at radius 2 is 1.83 bits per heavy atom. The molecule has 0 bridgehead atoms. The number of hydrogen-bond acceptors (Lipinski definition) is 7. The first-order valence-corrected chi connectivity index (χ1v) is 13.0. The summed E-state index contributed by atoms with van der Waals surface area (Å²) >= 11 is 5.35. The van der Waals surface area contributed by atoms with Gasteiger partial charge in [-0.1, -0.05) is 43.1 Å². The van der Waals surface area contributed by atoms with Crippen LogP contribution in [0.4, 0.5) is 10.1 Å². The van der Waals surface area contributed by atoms with Gasteiger partial charge in [-0.25, -0.2) is 4.39 Å². The van der Waals surface area contributed by atoms with Crippen molar-refractivity contribution in [2.24, 2.45) is 10.7 Å². The normalized spacial score (nSPS) is 12.2. The second-order valence-electron chi connectivity index (χ2n) is 8.11. The molecule has 10 heteroatoms. The van der Waals surface area contributed by atoms with Crippen LogP contribution in [0.3, 0.4) is 0 Å². The van der Waals surface area contributed by atoms with Crippen LogP contribution in [0.25, 0.3) is 0 Å². The first-order chi connectivity index (χ1) is 19.8. The summed E-state index contributed by atoms with van der Waals surface area (Å²) in [7, 11) is 4.86. The number of thiocarbonyl (C=S) groups is 1. The van der Waals surface area contributed by atoms with E-state index in [9.17, 15) is 4.39 Å². The third-order valence-corrected chi connectivity index (χ3v) is 5.61. The minimum Gasteiger partial charge on any atom is -0.497 e. The highest BCUT2D eigenvalue weighted by Gasteiger charge is 2.12. The lowest BCUT2D eigenvalue weighted by Gasteiger charge is -2.13. The Balaban J connectivity index is 0.000000390. The highest BCUT2D eigenvalue weighted by atomic mass is 32.1. The average Bonchev–Trinajstić information content (AvgIpc) is 3.12. The molecular formula is C31H38FN3O5S. The minimum absolute atomic E-state index is 0.250. The van der Waals surface area contributed by atoms with Gasteiger partial charge >= 0.3 is 0 Å². The van der Waals surface area contributed by atoms with E-state index in [2.05, 4.69) is 28.7 Å². The van der Waals surface area contributed by atoms with Gasteiger partial charge in [0.1, 0.15) is 23.1 Å². The second-order valence-corrected chi connectivity index (χ2v) is 8.61. The maximum absolute atomic E-state index is 12.9. The van der Waals surface area contributed by atoms with Gasteiger partial charge in [0, 0.05) is 31.2 Å². The maximum Gasteiger partial charge on any atom is 0.204 e. The Kier molecular flexibility index (Phi) is 16.5. The summed E-state index contributed by atoms with van der Waals surface area (Å²) in [6.07, 6.45) is 8.75. The Morgan fingerprint density at radius 3 is 2.39 bits per heavy atom. The summed E-state index contributed by atoms with van der Waals surface area (Å²) in [5, 5.41) is 3.15. The third-order valence-electron chi connectivity index (χ3n) is 5.36. The van der Waals surface area contributed by atoms with Gasteiger partial charge in [-0.15, -0.1) is 0 Å². The van der Waals surface area contributed by atoms with Gasteiger partial charge < -0.3 is 30.0 Å². The summed E-state index contributed by atoms with van der Waals surface area (Å²) < 4.78 is 34.2. The highest BCUT2D eigenvalue weighted by molar-refractivity contribution is 7.80. The second kappa shape index (κ2) is 19.6. The number of anilines is 1. The first kappa shape index (κ1) is 34.6. The van der Waals surface area contributed by atoms with Crippen molar-refractivity contribution < 1.29 is 28.1 Å². The van der Waals surface area contributed by atoms with E-state index in [4.69, 9.17) is 36.0 Å². The number of rotatable bonds is 10. The molecule has 3 rings (SSSR count). The molecule has 8 nitrogen and oxygen atoms in total. The standard InChI is InChI=1S/C17H18FNO2S.C13H17NO2.CH3NO/c1-3-21-14-8-9-15(16(11-14)20-2)19-17(22)10-12-4-6-13(18)7-5-12;1-5-8-14-11-9-13(16-4)12(15-3)7-6-10(11)2;2-1-3/h4-9,11H,3,10H2,1-2H3,(H,19,22);5-6,8-9H,1,7H2,2-4H3;1H,(H2,2,3). The number of primary amides is 1. The van der Waals surface area contributed by atoms with Crippen LogP contribution in [-0.2, 0) is 20.7 Å². The number of aliphatic imine (C=N–C) groups is 1. The Labute approximate surface area is 247 Å². The zero-order chi connectivity index (χ0) is 30.6. The van der Waals surface area contributed by atoms with Crippen LogP contribution in [-0.4, -0.2) is 45.5 Å². The molecule has 0 radical (unpaired) electrons. The van der Waals surface area contributed by atoms with Crippen molar-refractivity contribution in [2.45, 2.75) is 26.7 Å². The lowest BCUT2D eigenvalue weighted by molar-refractivity contribution is -0.106. The SMILES string of the molecule is C=CC=NC1=CC(OC)=C(OC)CC=C1C.CCOc1ccc(NC(=S)Cc2ccc(F)cc2)c(OC)c1.NC=O. The molecule has 2 aromatic carbocycles. The van der Waals surface area contributed by atoms with Gasteiger partial charge in [0.05, 0.1) is 44.3 Å². The van der Waals surface area contributed by atoms with Crippen molar-refractivity contribution in [3.8, 4) is 11.5 Å². The zero-order valence-corrected chi connectivity index (χ0v) is 24.9. The Hall–Kier alpha value is -4.44. The van der Waals surface area contributed by atoms with E-state index in [-0.39, 0.29) is 12.2 Å². The molecule has 3 N–H and O–H groups in total. The number of amides is 1. The van der Waals surface area contributed by atoms with E-state index in [0.717, 1.165) is 40.5 Å². The molecule has 220 valence electrons. The molecule has 0 fully saturated rings. The van der Waals surface area contributed by atoms with Crippen molar-refractivity contribution in [1.82, 2.24) is 0 Å². The fourth-order valence-electron chi connectivity index (χ4n) is 3.41. The van der Waals surface area contributed by atoms with Crippen LogP contribution >= 0.6 is 12.2 Å². The van der Waals surface area contributed by atoms with Gasteiger partial charge in [-0.05, 0) is 49.2 Å². The molecule has 0 unspecified atom stereocenters. The number of carbonyl (C=O) groups is 1. The number of nitrogens with zero attached hydrogens (tertiary/aromatic N) is 1. The van der Waals surface area contributed by atoms with Crippen LogP contribution in [0, 0.1) is 5.82 Å². The zero-order valence-electron chi connectivity index (χ0n) is 24.1. The number of benzene rings is 2. The molecule has 0 saturated carbocycles. The van der Waals surface area contributed by atoms with E-state index < -0.39 is 0 Å². The van der Waals surface area contributed by atoms with Crippen LogP contribution in [0.15, 0.2) is 95.1 Å². The van der Waals surface area contributed by atoms with Crippen LogP contribution in [0.5, 0.6) is 11.5 Å². The van der Waals surface area contributed by atoms with Gasteiger partial charge in [-0.3, -0.25) is 9.79 Å². The predicted octanol–water partition coefficient (Wildman–Crippen LogP) is 6.30. The minimum atomic E-state index is -0.254. The molecule has 0 heterocycles.